The molecule has 3 aromatic carbocycles. The SMILES string of the molecule is COc1ccc(/C=C/c2nc3ccccc3c(=O)n2-c2ccc(C(=O)O)cc2)cc1OC(F)F. The molecule has 0 aliphatic rings. The van der Waals surface area contributed by atoms with Crippen LogP contribution in [0.2, 0.25) is 0 Å². The molecular weight excluding hydrogens is 446 g/mol. The number of carboxylic acid groups (broad SMARTS) is 1. The molecule has 4 rings (SSSR count). The zero-order valence-corrected chi connectivity index (χ0v) is 17.8. The van der Waals surface area contributed by atoms with E-state index in [-0.39, 0.29) is 28.4 Å². The number of alkyl halides is 2. The van der Waals surface area contributed by atoms with Gasteiger partial charge in [-0.25, -0.2) is 9.78 Å². The summed E-state index contributed by atoms with van der Waals surface area (Å²) in [5.41, 5.74) is 1.13. The first-order chi connectivity index (χ1) is 16.4. The van der Waals surface area contributed by atoms with Gasteiger partial charge in [-0.05, 0) is 60.2 Å². The van der Waals surface area contributed by atoms with Gasteiger partial charge in [-0.2, -0.15) is 8.78 Å². The van der Waals surface area contributed by atoms with Crippen molar-refractivity contribution in [2.75, 3.05) is 7.11 Å². The first-order valence-corrected chi connectivity index (χ1v) is 10.0. The van der Waals surface area contributed by atoms with Crippen molar-refractivity contribution in [1.29, 1.82) is 0 Å². The quantitative estimate of drug-likeness (QED) is 0.420. The molecule has 0 radical (unpaired) electrons. The van der Waals surface area contributed by atoms with Crippen LogP contribution in [0.3, 0.4) is 0 Å². The number of aromatic carboxylic acids is 1. The molecule has 7 nitrogen and oxygen atoms in total. The Balaban J connectivity index is 1.83. The topological polar surface area (TPSA) is 90.7 Å². The van der Waals surface area contributed by atoms with Crippen LogP contribution in [-0.4, -0.2) is 34.3 Å². The number of halogens is 2. The Morgan fingerprint density at radius 3 is 2.44 bits per heavy atom. The number of fused-ring (bicyclic) bond motifs is 1. The second-order valence-electron chi connectivity index (χ2n) is 7.10. The van der Waals surface area contributed by atoms with E-state index in [1.54, 1.807) is 42.5 Å². The third-order valence-corrected chi connectivity index (χ3v) is 5.00. The number of methoxy groups -OCH3 is 1. The molecular formula is C25H18F2N2O5. The number of carbonyl (C=O) groups is 1. The lowest BCUT2D eigenvalue weighted by Crippen LogP contribution is -2.22. The standard InChI is InChI=1S/C25H18F2N2O5/c1-33-20-12-6-15(14-21(20)34-25(26)27)7-13-22-28-19-5-3-2-4-18(19)23(30)29(22)17-10-8-16(9-11-17)24(31)32/h2-14,25H,1H3,(H,31,32)/b13-7+. The van der Waals surface area contributed by atoms with Gasteiger partial charge in [0.1, 0.15) is 5.82 Å². The van der Waals surface area contributed by atoms with Crippen molar-refractivity contribution in [2.45, 2.75) is 6.61 Å². The van der Waals surface area contributed by atoms with Gasteiger partial charge in [0, 0.05) is 0 Å². The Morgan fingerprint density at radius 1 is 1.03 bits per heavy atom. The number of hydrogen-bond acceptors (Lipinski definition) is 5. The predicted molar refractivity (Wildman–Crippen MR) is 123 cm³/mol. The van der Waals surface area contributed by atoms with E-state index in [9.17, 15) is 18.4 Å². The maximum absolute atomic E-state index is 13.3. The minimum absolute atomic E-state index is 0.0763. The summed E-state index contributed by atoms with van der Waals surface area (Å²) < 4.78 is 36.4. The highest BCUT2D eigenvalue weighted by Gasteiger charge is 2.13. The molecule has 172 valence electrons. The summed E-state index contributed by atoms with van der Waals surface area (Å²) in [5, 5.41) is 9.55. The van der Waals surface area contributed by atoms with Gasteiger partial charge in [-0.1, -0.05) is 24.3 Å². The number of benzene rings is 3. The molecule has 0 amide bonds. The van der Waals surface area contributed by atoms with Crippen LogP contribution in [0.1, 0.15) is 21.7 Å². The highest BCUT2D eigenvalue weighted by Crippen LogP contribution is 2.30. The van der Waals surface area contributed by atoms with Crippen LogP contribution in [0.25, 0.3) is 28.7 Å². The van der Waals surface area contributed by atoms with Crippen molar-refractivity contribution in [3.8, 4) is 17.2 Å². The van der Waals surface area contributed by atoms with Gasteiger partial charge in [0.15, 0.2) is 11.5 Å². The fraction of sp³-hybridized carbons (Fsp3) is 0.0800. The first-order valence-electron chi connectivity index (χ1n) is 10.0. The number of carboxylic acids is 1. The van der Waals surface area contributed by atoms with Gasteiger partial charge in [-0.15, -0.1) is 0 Å². The third kappa shape index (κ3) is 4.63. The highest BCUT2D eigenvalue weighted by atomic mass is 19.3. The van der Waals surface area contributed by atoms with Crippen LogP contribution in [0.15, 0.2) is 71.5 Å². The number of nitrogens with zero attached hydrogens (tertiary/aromatic N) is 2. The summed E-state index contributed by atoms with van der Waals surface area (Å²) in [7, 11) is 1.34. The average Bonchev–Trinajstić information content (AvgIpc) is 2.83. The van der Waals surface area contributed by atoms with E-state index in [0.29, 0.717) is 22.2 Å². The molecule has 0 spiro atoms. The van der Waals surface area contributed by atoms with E-state index in [2.05, 4.69) is 9.72 Å². The molecule has 9 heteroatoms. The maximum atomic E-state index is 13.3. The molecule has 0 saturated heterocycles. The van der Waals surface area contributed by atoms with Gasteiger partial charge in [0.25, 0.3) is 5.56 Å². The van der Waals surface area contributed by atoms with Gasteiger partial charge < -0.3 is 14.6 Å². The molecule has 1 aromatic heterocycles. The number of aromatic nitrogens is 2. The molecule has 34 heavy (non-hydrogen) atoms. The second-order valence-corrected chi connectivity index (χ2v) is 7.10. The van der Waals surface area contributed by atoms with Crippen LogP contribution in [-0.2, 0) is 0 Å². The Bertz CT molecular complexity index is 1450. The van der Waals surface area contributed by atoms with Crippen molar-refractivity contribution in [3.05, 3.63) is 94.0 Å². The lowest BCUT2D eigenvalue weighted by atomic mass is 10.1. The third-order valence-electron chi connectivity index (χ3n) is 5.00. The molecule has 0 aliphatic heterocycles. The van der Waals surface area contributed by atoms with Crippen molar-refractivity contribution < 1.29 is 28.2 Å². The number of hydrogen-bond donors (Lipinski definition) is 1. The number of ether oxygens (including phenoxy) is 2. The largest absolute Gasteiger partial charge is 0.493 e. The molecule has 0 unspecified atom stereocenters. The van der Waals surface area contributed by atoms with Crippen molar-refractivity contribution in [2.24, 2.45) is 0 Å². The highest BCUT2D eigenvalue weighted by molar-refractivity contribution is 5.88. The Hall–Kier alpha value is -4.53. The van der Waals surface area contributed by atoms with E-state index in [0.717, 1.165) is 0 Å². The van der Waals surface area contributed by atoms with E-state index < -0.39 is 12.6 Å². The summed E-state index contributed by atoms with van der Waals surface area (Å²) in [5.74, 6) is -0.805. The van der Waals surface area contributed by atoms with Crippen molar-refractivity contribution >= 4 is 29.0 Å². The zero-order chi connectivity index (χ0) is 24.2. The lowest BCUT2D eigenvalue weighted by molar-refractivity contribution is -0.0512. The summed E-state index contributed by atoms with van der Waals surface area (Å²) >= 11 is 0. The fourth-order valence-electron chi connectivity index (χ4n) is 3.42. The summed E-state index contributed by atoms with van der Waals surface area (Å²) in [6.07, 6.45) is 3.16. The van der Waals surface area contributed by atoms with Gasteiger partial charge in [0.2, 0.25) is 0 Å². The minimum atomic E-state index is -3.02. The second kappa shape index (κ2) is 9.53. The van der Waals surface area contributed by atoms with E-state index in [1.165, 1.54) is 48.1 Å². The molecule has 4 aromatic rings. The van der Waals surface area contributed by atoms with Crippen molar-refractivity contribution in [3.63, 3.8) is 0 Å². The van der Waals surface area contributed by atoms with Gasteiger partial charge in [0.05, 0.1) is 29.3 Å². The molecule has 1 heterocycles. The Kier molecular flexibility index (Phi) is 6.35. The van der Waals surface area contributed by atoms with Crippen LogP contribution in [0, 0.1) is 0 Å². The maximum Gasteiger partial charge on any atom is 0.387 e. The Labute approximate surface area is 192 Å². The van der Waals surface area contributed by atoms with Crippen LogP contribution < -0.4 is 15.0 Å². The van der Waals surface area contributed by atoms with Crippen molar-refractivity contribution in [1.82, 2.24) is 9.55 Å². The monoisotopic (exact) mass is 464 g/mol. The predicted octanol–water partition coefficient (Wildman–Crippen LogP) is 4.86. The summed E-state index contributed by atoms with van der Waals surface area (Å²) in [6.45, 7) is -3.02. The van der Waals surface area contributed by atoms with E-state index in [4.69, 9.17) is 9.84 Å². The van der Waals surface area contributed by atoms with Crippen LogP contribution in [0.5, 0.6) is 11.5 Å². The van der Waals surface area contributed by atoms with Gasteiger partial charge in [-0.3, -0.25) is 9.36 Å². The molecule has 1 N–H and O–H groups in total. The van der Waals surface area contributed by atoms with Gasteiger partial charge >= 0.3 is 12.6 Å². The smallest absolute Gasteiger partial charge is 0.387 e. The fourth-order valence-corrected chi connectivity index (χ4v) is 3.42. The van der Waals surface area contributed by atoms with E-state index in [1.807, 2.05) is 0 Å². The normalized spacial score (nSPS) is 11.3. The first kappa shape index (κ1) is 22.7. The molecule has 0 fully saturated rings. The van der Waals surface area contributed by atoms with Crippen LogP contribution >= 0.6 is 0 Å². The molecule has 0 atom stereocenters. The number of rotatable bonds is 7. The lowest BCUT2D eigenvalue weighted by Gasteiger charge is -2.12. The summed E-state index contributed by atoms with van der Waals surface area (Å²) in [4.78, 5) is 29.1. The minimum Gasteiger partial charge on any atom is -0.493 e. The number of para-hydroxylation sites is 1. The summed E-state index contributed by atoms with van der Waals surface area (Å²) in [6, 6.07) is 17.2. The van der Waals surface area contributed by atoms with E-state index >= 15 is 0 Å². The van der Waals surface area contributed by atoms with Crippen LogP contribution in [0.4, 0.5) is 8.78 Å². The molecule has 0 bridgehead atoms. The molecule has 0 aliphatic carbocycles. The average molecular weight is 464 g/mol. The molecule has 0 saturated carbocycles. The Morgan fingerprint density at radius 2 is 1.76 bits per heavy atom. The zero-order valence-electron chi connectivity index (χ0n) is 17.8.